The van der Waals surface area contributed by atoms with E-state index in [9.17, 15) is 4.79 Å². The number of pyridine rings is 1. The molecule has 0 amide bonds. The number of hydrogen-bond acceptors (Lipinski definition) is 4. The Hall–Kier alpha value is -1.59. The van der Waals surface area contributed by atoms with Crippen molar-refractivity contribution in [3.63, 3.8) is 0 Å². The van der Waals surface area contributed by atoms with Crippen molar-refractivity contribution in [3.05, 3.63) is 42.1 Å². The molecule has 1 atom stereocenters. The molecule has 0 fully saturated rings. The second kappa shape index (κ2) is 6.54. The maximum Gasteiger partial charge on any atom is 0.320 e. The number of rotatable bonds is 6. The summed E-state index contributed by atoms with van der Waals surface area (Å²) in [6.45, 7) is 0. The fourth-order valence-electron chi connectivity index (χ4n) is 1.74. The normalized spacial score (nSPS) is 12.5. The van der Waals surface area contributed by atoms with Gasteiger partial charge in [-0.3, -0.25) is 9.78 Å². The van der Waals surface area contributed by atoms with Crippen molar-refractivity contribution in [3.8, 4) is 0 Å². The number of aromatic nitrogens is 1. The minimum atomic E-state index is -0.933. The Kier molecular flexibility index (Phi) is 4.76. The number of carboxylic acid groups (broad SMARTS) is 1. The summed E-state index contributed by atoms with van der Waals surface area (Å²) in [6.07, 6.45) is 2.28. The first kappa shape index (κ1) is 13.8. The minimum absolute atomic E-state index is 0.495. The van der Waals surface area contributed by atoms with Gasteiger partial charge in [0, 0.05) is 17.3 Å². The van der Waals surface area contributed by atoms with Crippen LogP contribution in [0.4, 0.5) is 0 Å². The molecule has 1 aromatic carbocycles. The van der Waals surface area contributed by atoms with E-state index in [4.69, 9.17) is 10.8 Å². The van der Waals surface area contributed by atoms with Gasteiger partial charge in [0.15, 0.2) is 0 Å². The van der Waals surface area contributed by atoms with Crippen molar-refractivity contribution in [1.82, 2.24) is 4.98 Å². The lowest BCUT2D eigenvalue weighted by molar-refractivity contribution is -0.138. The van der Waals surface area contributed by atoms with Gasteiger partial charge in [-0.05, 0) is 35.9 Å². The van der Waals surface area contributed by atoms with Crippen LogP contribution in [-0.2, 0) is 10.5 Å². The molecule has 0 saturated heterocycles. The zero-order valence-corrected chi connectivity index (χ0v) is 11.3. The van der Waals surface area contributed by atoms with Crippen LogP contribution in [0.5, 0.6) is 0 Å². The van der Waals surface area contributed by atoms with Gasteiger partial charge in [0.2, 0.25) is 0 Å². The topological polar surface area (TPSA) is 76.2 Å². The van der Waals surface area contributed by atoms with Gasteiger partial charge >= 0.3 is 5.97 Å². The second-order valence-electron chi connectivity index (χ2n) is 4.32. The molecule has 0 spiro atoms. The Bertz CT molecular complexity index is 574. The van der Waals surface area contributed by atoms with Gasteiger partial charge in [-0.1, -0.05) is 12.1 Å². The molecule has 100 valence electrons. The van der Waals surface area contributed by atoms with Crippen LogP contribution in [0.3, 0.4) is 0 Å². The van der Waals surface area contributed by atoms with Crippen molar-refractivity contribution in [1.29, 1.82) is 0 Å². The van der Waals surface area contributed by atoms with E-state index in [2.05, 4.69) is 17.1 Å². The summed E-state index contributed by atoms with van der Waals surface area (Å²) in [5, 5.41) is 9.80. The molecule has 1 aromatic heterocycles. The second-order valence-corrected chi connectivity index (χ2v) is 5.42. The van der Waals surface area contributed by atoms with Gasteiger partial charge in [0.25, 0.3) is 0 Å². The van der Waals surface area contributed by atoms with Gasteiger partial charge in [-0.2, -0.15) is 11.8 Å². The largest absolute Gasteiger partial charge is 0.480 e. The van der Waals surface area contributed by atoms with Crippen LogP contribution in [0.1, 0.15) is 12.0 Å². The van der Waals surface area contributed by atoms with Crippen molar-refractivity contribution in [2.24, 2.45) is 5.73 Å². The molecule has 5 heteroatoms. The highest BCUT2D eigenvalue weighted by molar-refractivity contribution is 7.98. The van der Waals surface area contributed by atoms with E-state index < -0.39 is 12.0 Å². The number of nitrogens with two attached hydrogens (primary N) is 1. The third-order valence-electron chi connectivity index (χ3n) is 2.83. The lowest BCUT2D eigenvalue weighted by Crippen LogP contribution is -2.30. The lowest BCUT2D eigenvalue weighted by atomic mass is 10.1. The van der Waals surface area contributed by atoms with E-state index in [-0.39, 0.29) is 0 Å². The standard InChI is InChI=1S/C14H16N2O2S/c15-12(14(17)18)5-7-19-9-10-3-4-13-11(8-10)2-1-6-16-13/h1-4,6,8,12H,5,7,9,15H2,(H,17,18). The number of hydrogen-bond donors (Lipinski definition) is 2. The first-order valence-electron chi connectivity index (χ1n) is 6.06. The zero-order chi connectivity index (χ0) is 13.7. The average Bonchev–Trinajstić information content (AvgIpc) is 2.43. The number of carbonyl (C=O) groups is 1. The van der Waals surface area contributed by atoms with Crippen LogP contribution >= 0.6 is 11.8 Å². The van der Waals surface area contributed by atoms with Crippen LogP contribution in [-0.4, -0.2) is 27.9 Å². The van der Waals surface area contributed by atoms with Gasteiger partial charge < -0.3 is 10.8 Å². The minimum Gasteiger partial charge on any atom is -0.480 e. The number of aliphatic carboxylic acids is 1. The van der Waals surface area contributed by atoms with Gasteiger partial charge in [-0.25, -0.2) is 0 Å². The number of benzene rings is 1. The quantitative estimate of drug-likeness (QED) is 0.791. The summed E-state index contributed by atoms with van der Waals surface area (Å²) in [6, 6.07) is 9.38. The van der Waals surface area contributed by atoms with E-state index in [0.29, 0.717) is 6.42 Å². The number of nitrogens with zero attached hydrogens (tertiary/aromatic N) is 1. The number of thioether (sulfide) groups is 1. The van der Waals surface area contributed by atoms with Crippen LogP contribution in [0.25, 0.3) is 10.9 Å². The summed E-state index contributed by atoms with van der Waals surface area (Å²) in [5.74, 6) is 0.674. The third kappa shape index (κ3) is 3.94. The summed E-state index contributed by atoms with van der Waals surface area (Å²) < 4.78 is 0. The molecule has 19 heavy (non-hydrogen) atoms. The van der Waals surface area contributed by atoms with Crippen molar-refractivity contribution in [2.45, 2.75) is 18.2 Å². The summed E-state index contributed by atoms with van der Waals surface area (Å²) >= 11 is 1.70. The SMILES string of the molecule is NC(CCSCc1ccc2ncccc2c1)C(=O)O. The molecule has 3 N–H and O–H groups in total. The van der Waals surface area contributed by atoms with Gasteiger partial charge in [0.1, 0.15) is 6.04 Å². The van der Waals surface area contributed by atoms with E-state index in [0.717, 1.165) is 22.4 Å². The zero-order valence-electron chi connectivity index (χ0n) is 10.5. The molecule has 4 nitrogen and oxygen atoms in total. The third-order valence-corrected chi connectivity index (χ3v) is 3.89. The molecule has 2 aromatic rings. The molecule has 2 rings (SSSR count). The molecular formula is C14H16N2O2S. The van der Waals surface area contributed by atoms with E-state index in [1.165, 1.54) is 5.56 Å². The maximum atomic E-state index is 10.6. The predicted octanol–water partition coefficient (Wildman–Crippen LogP) is 2.27. The highest BCUT2D eigenvalue weighted by Crippen LogP contribution is 2.18. The van der Waals surface area contributed by atoms with Crippen LogP contribution in [0, 0.1) is 0 Å². The maximum absolute atomic E-state index is 10.6. The molecule has 0 radical (unpaired) electrons. The van der Waals surface area contributed by atoms with E-state index in [1.54, 1.807) is 18.0 Å². The molecule has 1 heterocycles. The molecule has 0 saturated carbocycles. The monoisotopic (exact) mass is 276 g/mol. The smallest absolute Gasteiger partial charge is 0.320 e. The molecule has 0 aliphatic rings. The number of carboxylic acids is 1. The summed E-state index contributed by atoms with van der Waals surface area (Å²) in [4.78, 5) is 14.8. The highest BCUT2D eigenvalue weighted by atomic mass is 32.2. The van der Waals surface area contributed by atoms with Crippen molar-refractivity contribution >= 4 is 28.6 Å². The van der Waals surface area contributed by atoms with Crippen molar-refractivity contribution < 1.29 is 9.90 Å². The molecular weight excluding hydrogens is 260 g/mol. The van der Waals surface area contributed by atoms with Crippen LogP contribution in [0.2, 0.25) is 0 Å². The Morgan fingerprint density at radius 2 is 2.26 bits per heavy atom. The average molecular weight is 276 g/mol. The molecule has 0 aliphatic heterocycles. The Morgan fingerprint density at radius 1 is 1.42 bits per heavy atom. The van der Waals surface area contributed by atoms with Gasteiger partial charge in [-0.15, -0.1) is 0 Å². The first-order valence-corrected chi connectivity index (χ1v) is 7.22. The van der Waals surface area contributed by atoms with Gasteiger partial charge in [0.05, 0.1) is 5.52 Å². The molecule has 0 bridgehead atoms. The Morgan fingerprint density at radius 3 is 3.05 bits per heavy atom. The van der Waals surface area contributed by atoms with E-state index in [1.807, 2.05) is 18.2 Å². The Balaban J connectivity index is 1.86. The highest BCUT2D eigenvalue weighted by Gasteiger charge is 2.10. The lowest BCUT2D eigenvalue weighted by Gasteiger charge is -2.06. The summed E-state index contributed by atoms with van der Waals surface area (Å²) in [5.41, 5.74) is 7.66. The van der Waals surface area contributed by atoms with Crippen molar-refractivity contribution in [2.75, 3.05) is 5.75 Å². The number of fused-ring (bicyclic) bond motifs is 1. The van der Waals surface area contributed by atoms with E-state index >= 15 is 0 Å². The van der Waals surface area contributed by atoms with Crippen LogP contribution < -0.4 is 5.73 Å². The Labute approximate surface area is 116 Å². The summed E-state index contributed by atoms with van der Waals surface area (Å²) in [7, 11) is 0. The fraction of sp³-hybridized carbons (Fsp3) is 0.286. The molecule has 1 unspecified atom stereocenters. The predicted molar refractivity (Wildman–Crippen MR) is 78.1 cm³/mol. The first-order chi connectivity index (χ1) is 9.16. The van der Waals surface area contributed by atoms with Crippen LogP contribution in [0.15, 0.2) is 36.5 Å². The fourth-order valence-corrected chi connectivity index (χ4v) is 2.72. The molecule has 0 aliphatic carbocycles.